The van der Waals surface area contributed by atoms with Crippen molar-refractivity contribution < 1.29 is 9.52 Å². The minimum Gasteiger partial charge on any atom is -0.481 e. The van der Waals surface area contributed by atoms with Gasteiger partial charge >= 0.3 is 0 Å². The SMILES string of the molecule is O=c1ccccc2cc(O)oc12. The predicted octanol–water partition coefficient (Wildman–Crippen LogP) is 1.50. The summed E-state index contributed by atoms with van der Waals surface area (Å²) in [6, 6.07) is 7.87. The number of hydrogen-bond donors (Lipinski definition) is 1. The van der Waals surface area contributed by atoms with Gasteiger partial charge in [-0.05, 0) is 6.07 Å². The summed E-state index contributed by atoms with van der Waals surface area (Å²) in [5.74, 6) is -0.228. The number of fused-ring (bicyclic) bond motifs is 1. The van der Waals surface area contributed by atoms with Gasteiger partial charge in [-0.25, -0.2) is 0 Å². The Kier molecular flexibility index (Phi) is 1.37. The van der Waals surface area contributed by atoms with E-state index < -0.39 is 0 Å². The molecule has 0 amide bonds. The van der Waals surface area contributed by atoms with Crippen molar-refractivity contribution in [1.29, 1.82) is 0 Å². The standard InChI is InChI=1S/C9H6O3/c10-7-4-2-1-3-6-5-8(11)12-9(6)7/h1-5,11H. The van der Waals surface area contributed by atoms with Gasteiger partial charge in [0.1, 0.15) is 0 Å². The molecule has 1 aromatic heterocycles. The molecule has 1 aromatic carbocycles. The third-order valence-electron chi connectivity index (χ3n) is 1.61. The maximum absolute atomic E-state index is 11.2. The van der Waals surface area contributed by atoms with E-state index in [4.69, 9.17) is 9.52 Å². The molecule has 0 radical (unpaired) electrons. The van der Waals surface area contributed by atoms with Crippen molar-refractivity contribution in [1.82, 2.24) is 0 Å². The van der Waals surface area contributed by atoms with Gasteiger partial charge in [0, 0.05) is 11.5 Å². The largest absolute Gasteiger partial charge is 0.481 e. The Morgan fingerprint density at radius 3 is 2.83 bits per heavy atom. The molecular formula is C9H6O3. The van der Waals surface area contributed by atoms with Crippen LogP contribution < -0.4 is 5.43 Å². The van der Waals surface area contributed by atoms with Gasteiger partial charge in [0.25, 0.3) is 5.95 Å². The van der Waals surface area contributed by atoms with E-state index in [9.17, 15) is 4.79 Å². The minimum absolute atomic E-state index is 0.192. The molecule has 3 heteroatoms. The van der Waals surface area contributed by atoms with E-state index in [1.54, 1.807) is 18.2 Å². The Morgan fingerprint density at radius 1 is 1.25 bits per heavy atom. The van der Waals surface area contributed by atoms with E-state index in [0.717, 1.165) is 0 Å². The second-order valence-electron chi connectivity index (χ2n) is 2.45. The van der Waals surface area contributed by atoms with Crippen LogP contribution in [0.1, 0.15) is 0 Å². The molecule has 2 rings (SSSR count). The maximum Gasteiger partial charge on any atom is 0.283 e. The van der Waals surface area contributed by atoms with Gasteiger partial charge in [0.05, 0.1) is 0 Å². The summed E-state index contributed by atoms with van der Waals surface area (Å²) in [4.78, 5) is 11.2. The summed E-state index contributed by atoms with van der Waals surface area (Å²) in [5.41, 5.74) is -0.0344. The van der Waals surface area contributed by atoms with E-state index in [-0.39, 0.29) is 17.0 Å². The summed E-state index contributed by atoms with van der Waals surface area (Å²) in [5, 5.41) is 9.57. The monoisotopic (exact) mass is 162 g/mol. The van der Waals surface area contributed by atoms with Gasteiger partial charge in [0.2, 0.25) is 5.43 Å². The van der Waals surface area contributed by atoms with E-state index in [0.29, 0.717) is 5.39 Å². The zero-order valence-corrected chi connectivity index (χ0v) is 6.15. The van der Waals surface area contributed by atoms with E-state index in [1.807, 2.05) is 0 Å². The van der Waals surface area contributed by atoms with Crippen molar-refractivity contribution in [3.63, 3.8) is 0 Å². The van der Waals surface area contributed by atoms with Crippen molar-refractivity contribution in [3.05, 3.63) is 40.6 Å². The topological polar surface area (TPSA) is 50.4 Å². The third kappa shape index (κ3) is 0.955. The number of furan rings is 1. The van der Waals surface area contributed by atoms with Crippen LogP contribution in [0.25, 0.3) is 11.0 Å². The highest BCUT2D eigenvalue weighted by molar-refractivity contribution is 5.77. The van der Waals surface area contributed by atoms with E-state index in [2.05, 4.69) is 0 Å². The first-order valence-electron chi connectivity index (χ1n) is 3.49. The Morgan fingerprint density at radius 2 is 2.00 bits per heavy atom. The second kappa shape index (κ2) is 2.37. The highest BCUT2D eigenvalue weighted by atomic mass is 16.5. The average Bonchev–Trinajstić information content (AvgIpc) is 2.33. The molecule has 0 saturated heterocycles. The zero-order valence-electron chi connectivity index (χ0n) is 6.15. The summed E-state index contributed by atoms with van der Waals surface area (Å²) in [6.45, 7) is 0. The van der Waals surface area contributed by atoms with Crippen LogP contribution in [0.2, 0.25) is 0 Å². The van der Waals surface area contributed by atoms with Gasteiger partial charge in [-0.1, -0.05) is 18.2 Å². The minimum atomic E-state index is -0.228. The number of rotatable bonds is 0. The smallest absolute Gasteiger partial charge is 0.283 e. The van der Waals surface area contributed by atoms with Crippen LogP contribution in [0.3, 0.4) is 0 Å². The molecule has 0 aliphatic heterocycles. The van der Waals surface area contributed by atoms with Crippen molar-refractivity contribution in [2.45, 2.75) is 0 Å². The summed E-state index contributed by atoms with van der Waals surface area (Å²) in [7, 11) is 0. The van der Waals surface area contributed by atoms with Crippen LogP contribution in [-0.4, -0.2) is 5.11 Å². The van der Waals surface area contributed by atoms with Crippen LogP contribution in [0.5, 0.6) is 5.95 Å². The normalized spacial score (nSPS) is 10.3. The third-order valence-corrected chi connectivity index (χ3v) is 1.61. The number of aromatic hydroxyl groups is 1. The lowest BCUT2D eigenvalue weighted by molar-refractivity contribution is 0.346. The van der Waals surface area contributed by atoms with Crippen molar-refractivity contribution in [2.75, 3.05) is 0 Å². The zero-order chi connectivity index (χ0) is 8.55. The fourth-order valence-corrected chi connectivity index (χ4v) is 1.09. The first kappa shape index (κ1) is 6.91. The Labute approximate surface area is 67.9 Å². The summed E-state index contributed by atoms with van der Waals surface area (Å²) < 4.78 is 4.80. The molecule has 3 nitrogen and oxygen atoms in total. The predicted molar refractivity (Wildman–Crippen MR) is 44.1 cm³/mol. The molecule has 0 aliphatic rings. The van der Waals surface area contributed by atoms with Gasteiger partial charge in [-0.3, -0.25) is 4.79 Å². The van der Waals surface area contributed by atoms with Crippen molar-refractivity contribution in [3.8, 4) is 5.95 Å². The molecule has 0 aliphatic carbocycles. The lowest BCUT2D eigenvalue weighted by Crippen LogP contribution is -1.91. The summed E-state index contributed by atoms with van der Waals surface area (Å²) >= 11 is 0. The molecule has 2 aromatic rings. The summed E-state index contributed by atoms with van der Waals surface area (Å²) in [6.07, 6.45) is 0. The molecule has 0 fully saturated rings. The molecular weight excluding hydrogens is 156 g/mol. The lowest BCUT2D eigenvalue weighted by Gasteiger charge is -1.75. The maximum atomic E-state index is 11.2. The van der Waals surface area contributed by atoms with Crippen LogP contribution in [0, 0.1) is 0 Å². The van der Waals surface area contributed by atoms with Gasteiger partial charge in [0.15, 0.2) is 5.58 Å². The highest BCUT2D eigenvalue weighted by Gasteiger charge is 2.02. The molecule has 0 saturated carbocycles. The van der Waals surface area contributed by atoms with Crippen LogP contribution >= 0.6 is 0 Å². The Balaban J connectivity index is 3.03. The van der Waals surface area contributed by atoms with Crippen molar-refractivity contribution in [2.24, 2.45) is 0 Å². The van der Waals surface area contributed by atoms with Crippen molar-refractivity contribution >= 4 is 11.0 Å². The molecule has 12 heavy (non-hydrogen) atoms. The molecule has 1 N–H and O–H groups in total. The highest BCUT2D eigenvalue weighted by Crippen LogP contribution is 2.19. The number of hydrogen-bond acceptors (Lipinski definition) is 3. The van der Waals surface area contributed by atoms with Gasteiger partial charge < -0.3 is 9.52 Å². The molecule has 60 valence electrons. The van der Waals surface area contributed by atoms with Crippen LogP contribution in [-0.2, 0) is 0 Å². The molecule has 0 unspecified atom stereocenters. The van der Waals surface area contributed by atoms with Gasteiger partial charge in [-0.2, -0.15) is 0 Å². The fourth-order valence-electron chi connectivity index (χ4n) is 1.09. The van der Waals surface area contributed by atoms with E-state index in [1.165, 1.54) is 12.1 Å². The first-order chi connectivity index (χ1) is 5.77. The van der Waals surface area contributed by atoms with E-state index >= 15 is 0 Å². The Hall–Kier alpha value is -1.77. The van der Waals surface area contributed by atoms with Crippen LogP contribution in [0.15, 0.2) is 39.5 Å². The van der Waals surface area contributed by atoms with Gasteiger partial charge in [-0.15, -0.1) is 0 Å². The average molecular weight is 162 g/mol. The molecule has 0 atom stereocenters. The Bertz CT molecular complexity index is 470. The molecule has 0 spiro atoms. The van der Waals surface area contributed by atoms with Crippen LogP contribution in [0.4, 0.5) is 0 Å². The molecule has 0 bridgehead atoms. The fraction of sp³-hybridized carbons (Fsp3) is 0. The lowest BCUT2D eigenvalue weighted by atomic mass is 10.3. The second-order valence-corrected chi connectivity index (χ2v) is 2.45. The quantitative estimate of drug-likeness (QED) is 0.638. The molecule has 1 heterocycles. The first-order valence-corrected chi connectivity index (χ1v) is 3.49.